The van der Waals surface area contributed by atoms with Crippen molar-refractivity contribution in [1.29, 1.82) is 0 Å². The normalized spacial score (nSPS) is 17.8. The van der Waals surface area contributed by atoms with Gasteiger partial charge in [0.25, 0.3) is 0 Å². The Balaban J connectivity index is 2.58. The maximum atomic E-state index is 13.9. The average molecular weight is 302 g/mol. The first-order valence-corrected chi connectivity index (χ1v) is 6.13. The van der Waals surface area contributed by atoms with Gasteiger partial charge in [-0.2, -0.15) is 4.99 Å². The number of halogens is 3. The quantitative estimate of drug-likeness (QED) is 0.464. The fraction of sp³-hybridized carbons (Fsp3) is 0.417. The number of hydrogen-bond donors (Lipinski definition) is 0. The van der Waals surface area contributed by atoms with Crippen molar-refractivity contribution in [3.05, 3.63) is 33.8 Å². The third-order valence-electron chi connectivity index (χ3n) is 3.23. The lowest BCUT2D eigenvalue weighted by Crippen LogP contribution is -2.21. The molecule has 0 unspecified atom stereocenters. The monoisotopic (exact) mass is 301 g/mol. The summed E-state index contributed by atoms with van der Waals surface area (Å²) in [6.45, 7) is 0. The number of isocyanates is 1. The molecule has 1 aliphatic carbocycles. The van der Waals surface area contributed by atoms with Crippen molar-refractivity contribution in [2.24, 2.45) is 4.99 Å². The van der Waals surface area contributed by atoms with Gasteiger partial charge in [0.1, 0.15) is 5.54 Å². The Hall–Kier alpha value is -1.06. The van der Waals surface area contributed by atoms with Crippen LogP contribution in [0.5, 0.6) is 0 Å². The third kappa shape index (κ3) is 2.05. The van der Waals surface area contributed by atoms with Gasteiger partial charge in [0.2, 0.25) is 6.08 Å². The fourth-order valence-corrected chi connectivity index (χ4v) is 2.68. The highest BCUT2D eigenvalue weighted by Crippen LogP contribution is 2.44. The molecule has 0 aromatic heterocycles. The number of nitrogens with zero attached hydrogens (tertiary/aromatic N) is 1. The van der Waals surface area contributed by atoms with Gasteiger partial charge < -0.3 is 0 Å². The van der Waals surface area contributed by atoms with E-state index in [0.29, 0.717) is 12.8 Å². The molecule has 2 nitrogen and oxygen atoms in total. The van der Waals surface area contributed by atoms with Crippen molar-refractivity contribution >= 4 is 22.0 Å². The van der Waals surface area contributed by atoms with E-state index in [2.05, 4.69) is 20.9 Å². The molecule has 5 heteroatoms. The molecule has 0 atom stereocenters. The second-order valence-corrected chi connectivity index (χ2v) is 5.02. The van der Waals surface area contributed by atoms with Crippen LogP contribution in [-0.4, -0.2) is 6.08 Å². The summed E-state index contributed by atoms with van der Waals surface area (Å²) in [7, 11) is 0. The van der Waals surface area contributed by atoms with Gasteiger partial charge in [-0.15, -0.1) is 0 Å². The van der Waals surface area contributed by atoms with Crippen molar-refractivity contribution in [3.63, 3.8) is 0 Å². The van der Waals surface area contributed by atoms with Gasteiger partial charge in [0, 0.05) is 5.56 Å². The molecule has 1 fully saturated rings. The minimum atomic E-state index is -0.935. The van der Waals surface area contributed by atoms with Crippen LogP contribution in [0.15, 0.2) is 21.6 Å². The Morgan fingerprint density at radius 3 is 2.47 bits per heavy atom. The molecule has 0 bridgehead atoms. The molecule has 0 radical (unpaired) electrons. The lowest BCUT2D eigenvalue weighted by Gasteiger charge is -2.23. The van der Waals surface area contributed by atoms with Gasteiger partial charge in [0.15, 0.2) is 11.6 Å². The second kappa shape index (κ2) is 4.67. The topological polar surface area (TPSA) is 29.4 Å². The zero-order valence-electron chi connectivity index (χ0n) is 8.97. The molecule has 1 aromatic rings. The number of aliphatic imine (C=N–C) groups is 1. The predicted molar refractivity (Wildman–Crippen MR) is 62.3 cm³/mol. The maximum Gasteiger partial charge on any atom is 0.235 e. The van der Waals surface area contributed by atoms with E-state index in [-0.39, 0.29) is 10.0 Å². The molecule has 0 amide bonds. The summed E-state index contributed by atoms with van der Waals surface area (Å²) < 4.78 is 27.5. The lowest BCUT2D eigenvalue weighted by atomic mass is 9.88. The molecule has 0 N–H and O–H groups in total. The number of carbonyl (C=O) groups excluding carboxylic acids is 1. The van der Waals surface area contributed by atoms with Crippen LogP contribution in [0, 0.1) is 11.6 Å². The number of rotatable bonds is 2. The largest absolute Gasteiger partial charge is 0.235 e. The maximum absolute atomic E-state index is 13.9. The standard InChI is InChI=1S/C12H10BrF2NO/c13-9-4-3-8(10(14)11(9)15)12(16-7-17)5-1-2-6-12/h3-4H,1-2,5-6H2. The van der Waals surface area contributed by atoms with E-state index in [1.807, 2.05) is 0 Å². The Bertz CT molecular complexity index is 492. The Morgan fingerprint density at radius 2 is 1.88 bits per heavy atom. The SMILES string of the molecule is O=C=NC1(c2ccc(Br)c(F)c2F)CCCC1. The van der Waals surface area contributed by atoms with Gasteiger partial charge in [-0.3, -0.25) is 0 Å². The summed E-state index contributed by atoms with van der Waals surface area (Å²) in [5.74, 6) is -1.87. The van der Waals surface area contributed by atoms with Gasteiger partial charge in [0.05, 0.1) is 4.47 Å². The predicted octanol–water partition coefficient (Wildman–Crippen LogP) is 3.83. The number of benzene rings is 1. The van der Waals surface area contributed by atoms with Crippen LogP contribution in [0.3, 0.4) is 0 Å². The molecule has 1 saturated carbocycles. The minimum absolute atomic E-state index is 0.0713. The molecule has 17 heavy (non-hydrogen) atoms. The van der Waals surface area contributed by atoms with Crippen LogP contribution >= 0.6 is 15.9 Å². The van der Waals surface area contributed by atoms with Crippen LogP contribution < -0.4 is 0 Å². The summed E-state index contributed by atoms with van der Waals surface area (Å²) in [6, 6.07) is 2.92. The molecule has 0 saturated heterocycles. The molecule has 0 aliphatic heterocycles. The summed E-state index contributed by atoms with van der Waals surface area (Å²) in [6.07, 6.45) is 4.30. The molecule has 0 heterocycles. The third-order valence-corrected chi connectivity index (χ3v) is 3.84. The van der Waals surface area contributed by atoms with E-state index >= 15 is 0 Å². The number of hydrogen-bond acceptors (Lipinski definition) is 2. The molecular weight excluding hydrogens is 292 g/mol. The van der Waals surface area contributed by atoms with E-state index < -0.39 is 17.2 Å². The van der Waals surface area contributed by atoms with Crippen LogP contribution in [0.2, 0.25) is 0 Å². The molecule has 1 aliphatic rings. The summed E-state index contributed by atoms with van der Waals surface area (Å²) >= 11 is 2.92. The highest BCUT2D eigenvalue weighted by molar-refractivity contribution is 9.10. The minimum Gasteiger partial charge on any atom is -0.211 e. The van der Waals surface area contributed by atoms with Crippen LogP contribution in [0.25, 0.3) is 0 Å². The molecule has 0 spiro atoms. The zero-order chi connectivity index (χ0) is 12.5. The summed E-state index contributed by atoms with van der Waals surface area (Å²) in [4.78, 5) is 14.2. The van der Waals surface area contributed by atoms with E-state index in [9.17, 15) is 13.6 Å². The van der Waals surface area contributed by atoms with Gasteiger partial charge in [-0.1, -0.05) is 18.9 Å². The Kier molecular flexibility index (Phi) is 3.40. The average Bonchev–Trinajstić information content (AvgIpc) is 2.76. The van der Waals surface area contributed by atoms with Crippen molar-refractivity contribution in [2.45, 2.75) is 31.2 Å². The van der Waals surface area contributed by atoms with Crippen molar-refractivity contribution in [3.8, 4) is 0 Å². The van der Waals surface area contributed by atoms with Crippen molar-refractivity contribution in [1.82, 2.24) is 0 Å². The summed E-state index contributed by atoms with van der Waals surface area (Å²) in [5.41, 5.74) is -0.771. The first kappa shape index (κ1) is 12.4. The Labute approximate surface area is 106 Å². The van der Waals surface area contributed by atoms with Crippen molar-refractivity contribution in [2.75, 3.05) is 0 Å². The van der Waals surface area contributed by atoms with Gasteiger partial charge in [-0.05, 0) is 34.8 Å². The van der Waals surface area contributed by atoms with Crippen LogP contribution in [-0.2, 0) is 10.3 Å². The van der Waals surface area contributed by atoms with E-state index in [4.69, 9.17) is 0 Å². The molecule has 2 rings (SSSR count). The molecule has 1 aromatic carbocycles. The van der Waals surface area contributed by atoms with E-state index in [1.165, 1.54) is 18.2 Å². The smallest absolute Gasteiger partial charge is 0.211 e. The highest BCUT2D eigenvalue weighted by Gasteiger charge is 2.38. The Morgan fingerprint density at radius 1 is 1.24 bits per heavy atom. The van der Waals surface area contributed by atoms with Crippen molar-refractivity contribution < 1.29 is 13.6 Å². The van der Waals surface area contributed by atoms with Crippen LogP contribution in [0.4, 0.5) is 8.78 Å². The fourth-order valence-electron chi connectivity index (χ4n) is 2.37. The van der Waals surface area contributed by atoms with Crippen LogP contribution in [0.1, 0.15) is 31.2 Å². The van der Waals surface area contributed by atoms with Gasteiger partial charge in [-0.25, -0.2) is 13.6 Å². The van der Waals surface area contributed by atoms with E-state index in [0.717, 1.165) is 12.8 Å². The van der Waals surface area contributed by atoms with Gasteiger partial charge >= 0.3 is 0 Å². The highest BCUT2D eigenvalue weighted by atomic mass is 79.9. The summed E-state index contributed by atoms with van der Waals surface area (Å²) in [5, 5.41) is 0. The lowest BCUT2D eigenvalue weighted by molar-refractivity contribution is 0.410. The molecule has 90 valence electrons. The first-order chi connectivity index (χ1) is 8.10. The first-order valence-electron chi connectivity index (χ1n) is 5.34. The molecular formula is C12H10BrF2NO. The van der Waals surface area contributed by atoms with E-state index in [1.54, 1.807) is 0 Å². The zero-order valence-corrected chi connectivity index (χ0v) is 10.6. The second-order valence-electron chi connectivity index (χ2n) is 4.16.